The van der Waals surface area contributed by atoms with Gasteiger partial charge in [-0.15, -0.1) is 11.8 Å². The Morgan fingerprint density at radius 1 is 1.40 bits per heavy atom. The minimum absolute atomic E-state index is 0.103. The van der Waals surface area contributed by atoms with Crippen molar-refractivity contribution in [1.82, 2.24) is 9.80 Å². The van der Waals surface area contributed by atoms with Gasteiger partial charge in [-0.05, 0) is 36.8 Å². The number of thioether (sulfide) groups is 1. The molecule has 1 unspecified atom stereocenters. The summed E-state index contributed by atoms with van der Waals surface area (Å²) >= 11 is 7.16. The fraction of sp³-hybridized carbons (Fsp3) is 0.429. The van der Waals surface area contributed by atoms with Crippen molar-refractivity contribution in [2.45, 2.75) is 18.3 Å². The molecule has 2 aliphatic rings. The number of thiocarbonyl (C=S) groups is 1. The summed E-state index contributed by atoms with van der Waals surface area (Å²) in [6.07, 6.45) is 0. The molecule has 2 fully saturated rings. The van der Waals surface area contributed by atoms with Gasteiger partial charge in [0.05, 0.1) is 6.61 Å². The second-order valence-electron chi connectivity index (χ2n) is 4.79. The molecule has 2 saturated heterocycles. The summed E-state index contributed by atoms with van der Waals surface area (Å²) in [5.74, 6) is 1.77. The molecule has 2 aliphatic heterocycles. The number of amides is 1. The van der Waals surface area contributed by atoms with Crippen molar-refractivity contribution in [3.05, 3.63) is 29.8 Å². The van der Waals surface area contributed by atoms with Gasteiger partial charge in [-0.1, -0.05) is 12.1 Å². The molecule has 0 saturated carbocycles. The van der Waals surface area contributed by atoms with E-state index in [0.717, 1.165) is 17.1 Å². The topological polar surface area (TPSA) is 32.8 Å². The van der Waals surface area contributed by atoms with Gasteiger partial charge in [-0.3, -0.25) is 9.69 Å². The second-order valence-corrected chi connectivity index (χ2v) is 6.27. The second kappa shape index (κ2) is 5.26. The number of fused-ring (bicyclic) bond motifs is 1. The van der Waals surface area contributed by atoms with Gasteiger partial charge in [0.1, 0.15) is 17.2 Å². The quantitative estimate of drug-likeness (QED) is 0.800. The molecule has 4 nitrogen and oxygen atoms in total. The standard InChI is InChI=1S/C14H16N2O2S2/c1-3-18-10-6-4-9(5-7-10)13-16-11(8-20-13)12(17)15(2)14(16)19/h4-7,11,13H,3,8H2,1-2H3/t11-,13?/m0/s1. The number of ether oxygens (including phenoxy) is 1. The first-order chi connectivity index (χ1) is 9.63. The summed E-state index contributed by atoms with van der Waals surface area (Å²) in [6.45, 7) is 2.63. The number of hydrogen-bond acceptors (Lipinski definition) is 4. The Morgan fingerprint density at radius 3 is 2.75 bits per heavy atom. The first-order valence-corrected chi connectivity index (χ1v) is 8.03. The van der Waals surface area contributed by atoms with Gasteiger partial charge < -0.3 is 9.64 Å². The van der Waals surface area contributed by atoms with Crippen molar-refractivity contribution in [1.29, 1.82) is 0 Å². The molecule has 1 aromatic rings. The van der Waals surface area contributed by atoms with Crippen LogP contribution in [0.15, 0.2) is 24.3 Å². The number of carbonyl (C=O) groups is 1. The highest BCUT2D eigenvalue weighted by atomic mass is 32.2. The number of benzene rings is 1. The number of carbonyl (C=O) groups excluding carboxylic acids is 1. The zero-order valence-electron chi connectivity index (χ0n) is 11.4. The lowest BCUT2D eigenvalue weighted by atomic mass is 10.2. The molecule has 0 aliphatic carbocycles. The summed E-state index contributed by atoms with van der Waals surface area (Å²) < 4.78 is 5.46. The maximum absolute atomic E-state index is 12.1. The SMILES string of the molecule is CCOc1ccc(C2SC[C@H]3C(=O)N(C)C(=S)N23)cc1. The number of nitrogens with zero attached hydrogens (tertiary/aromatic N) is 2. The molecular formula is C14H16N2O2S2. The average Bonchev–Trinajstić information content (AvgIpc) is 2.98. The van der Waals surface area contributed by atoms with Gasteiger partial charge in [-0.25, -0.2) is 0 Å². The molecule has 0 spiro atoms. The van der Waals surface area contributed by atoms with E-state index in [-0.39, 0.29) is 17.3 Å². The van der Waals surface area contributed by atoms with Gasteiger partial charge >= 0.3 is 0 Å². The van der Waals surface area contributed by atoms with Crippen molar-refractivity contribution >= 4 is 35.0 Å². The normalized spacial score (nSPS) is 25.3. The fourth-order valence-electron chi connectivity index (χ4n) is 2.57. The lowest BCUT2D eigenvalue weighted by molar-refractivity contribution is -0.126. The molecule has 3 rings (SSSR count). The third kappa shape index (κ3) is 2.07. The zero-order valence-corrected chi connectivity index (χ0v) is 13.0. The highest BCUT2D eigenvalue weighted by Crippen LogP contribution is 2.45. The Hall–Kier alpha value is -1.27. The van der Waals surface area contributed by atoms with Crippen LogP contribution >= 0.6 is 24.0 Å². The smallest absolute Gasteiger partial charge is 0.252 e. The fourth-order valence-corrected chi connectivity index (χ4v) is 4.39. The van der Waals surface area contributed by atoms with Crippen LogP contribution in [0.2, 0.25) is 0 Å². The monoisotopic (exact) mass is 308 g/mol. The Balaban J connectivity index is 1.84. The van der Waals surface area contributed by atoms with E-state index in [0.29, 0.717) is 11.7 Å². The van der Waals surface area contributed by atoms with Gasteiger partial charge in [0.25, 0.3) is 5.91 Å². The summed E-state index contributed by atoms with van der Waals surface area (Å²) in [5.41, 5.74) is 1.16. The van der Waals surface area contributed by atoms with Gasteiger partial charge in [0.2, 0.25) is 0 Å². The van der Waals surface area contributed by atoms with Crippen LogP contribution in [0, 0.1) is 0 Å². The third-order valence-corrected chi connectivity index (χ3v) is 5.41. The largest absolute Gasteiger partial charge is 0.494 e. The molecule has 6 heteroatoms. The van der Waals surface area contributed by atoms with Crippen LogP contribution in [0.3, 0.4) is 0 Å². The Labute approximate surface area is 128 Å². The van der Waals surface area contributed by atoms with Crippen molar-refractivity contribution in [2.75, 3.05) is 19.4 Å². The zero-order chi connectivity index (χ0) is 14.3. The summed E-state index contributed by atoms with van der Waals surface area (Å²) in [7, 11) is 1.75. The van der Waals surface area contributed by atoms with E-state index < -0.39 is 0 Å². The van der Waals surface area contributed by atoms with E-state index in [2.05, 4.69) is 17.0 Å². The van der Waals surface area contributed by atoms with Crippen LogP contribution < -0.4 is 4.74 Å². The van der Waals surface area contributed by atoms with E-state index in [1.54, 1.807) is 23.7 Å². The van der Waals surface area contributed by atoms with Crippen LogP contribution in [0.25, 0.3) is 0 Å². The van der Waals surface area contributed by atoms with Gasteiger partial charge in [0, 0.05) is 12.8 Å². The molecule has 20 heavy (non-hydrogen) atoms. The van der Waals surface area contributed by atoms with Crippen molar-refractivity contribution < 1.29 is 9.53 Å². The van der Waals surface area contributed by atoms with Crippen LogP contribution in [0.1, 0.15) is 17.9 Å². The number of likely N-dealkylation sites (N-methyl/N-ethyl adjacent to an activating group) is 1. The van der Waals surface area contributed by atoms with E-state index in [4.69, 9.17) is 17.0 Å². The van der Waals surface area contributed by atoms with Crippen LogP contribution in [-0.2, 0) is 4.79 Å². The highest BCUT2D eigenvalue weighted by Gasteiger charge is 2.48. The van der Waals surface area contributed by atoms with Crippen LogP contribution in [-0.4, -0.2) is 46.3 Å². The number of hydrogen-bond donors (Lipinski definition) is 0. The van der Waals surface area contributed by atoms with Gasteiger partial charge in [0.15, 0.2) is 5.11 Å². The number of rotatable bonds is 3. The van der Waals surface area contributed by atoms with Crippen molar-refractivity contribution in [3.8, 4) is 5.75 Å². The Morgan fingerprint density at radius 2 is 2.10 bits per heavy atom. The Bertz CT molecular complexity index is 547. The maximum atomic E-state index is 12.1. The molecule has 0 bridgehead atoms. The van der Waals surface area contributed by atoms with E-state index in [1.165, 1.54) is 0 Å². The first kappa shape index (κ1) is 13.7. The van der Waals surface area contributed by atoms with Crippen molar-refractivity contribution in [3.63, 3.8) is 0 Å². The Kier molecular flexibility index (Phi) is 3.60. The molecule has 0 radical (unpaired) electrons. The molecule has 0 N–H and O–H groups in total. The van der Waals surface area contributed by atoms with Gasteiger partial charge in [-0.2, -0.15) is 0 Å². The van der Waals surface area contributed by atoms with E-state index in [1.807, 2.05) is 19.1 Å². The van der Waals surface area contributed by atoms with E-state index in [9.17, 15) is 4.79 Å². The lowest BCUT2D eigenvalue weighted by Gasteiger charge is -2.24. The summed E-state index contributed by atoms with van der Waals surface area (Å²) in [4.78, 5) is 15.7. The molecule has 0 aromatic heterocycles. The molecule has 2 heterocycles. The summed E-state index contributed by atoms with van der Waals surface area (Å²) in [6, 6.07) is 7.94. The molecule has 106 valence electrons. The third-order valence-electron chi connectivity index (χ3n) is 3.60. The lowest BCUT2D eigenvalue weighted by Crippen LogP contribution is -2.32. The van der Waals surface area contributed by atoms with E-state index >= 15 is 0 Å². The molecule has 1 aromatic carbocycles. The summed E-state index contributed by atoms with van der Waals surface area (Å²) in [5, 5.41) is 0.751. The van der Waals surface area contributed by atoms with Crippen LogP contribution in [0.4, 0.5) is 0 Å². The average molecular weight is 308 g/mol. The highest BCUT2D eigenvalue weighted by molar-refractivity contribution is 7.99. The molecule has 1 amide bonds. The predicted molar refractivity (Wildman–Crippen MR) is 83.8 cm³/mol. The predicted octanol–water partition coefficient (Wildman–Crippen LogP) is 2.26. The molecule has 2 atom stereocenters. The van der Waals surface area contributed by atoms with Crippen LogP contribution in [0.5, 0.6) is 5.75 Å². The maximum Gasteiger partial charge on any atom is 0.252 e. The molecular weight excluding hydrogens is 292 g/mol. The van der Waals surface area contributed by atoms with Crippen molar-refractivity contribution in [2.24, 2.45) is 0 Å². The minimum atomic E-state index is -0.103. The first-order valence-electron chi connectivity index (χ1n) is 6.57. The minimum Gasteiger partial charge on any atom is -0.494 e.